The third-order valence-electron chi connectivity index (χ3n) is 3.34. The van der Waals surface area contributed by atoms with E-state index in [0.29, 0.717) is 38.9 Å². The minimum absolute atomic E-state index is 0.518. The molecule has 0 aromatic heterocycles. The van der Waals surface area contributed by atoms with Crippen LogP contribution in [0.2, 0.25) is 0 Å². The van der Waals surface area contributed by atoms with E-state index in [1.165, 1.54) is 0 Å². The van der Waals surface area contributed by atoms with E-state index in [2.05, 4.69) is 0 Å². The molecule has 0 aromatic rings. The molecule has 5 nitrogen and oxygen atoms in total. The summed E-state index contributed by atoms with van der Waals surface area (Å²) in [6.07, 6.45) is 2.54. The predicted octanol–water partition coefficient (Wildman–Crippen LogP) is 2.79. The summed E-state index contributed by atoms with van der Waals surface area (Å²) in [5.41, 5.74) is -1.43. The molecule has 0 amide bonds. The zero-order valence-electron chi connectivity index (χ0n) is 12.4. The molecular weight excluding hydrogens is 248 g/mol. The van der Waals surface area contributed by atoms with Gasteiger partial charge in [0.1, 0.15) is 0 Å². The van der Waals surface area contributed by atoms with Crippen molar-refractivity contribution in [3.63, 3.8) is 0 Å². The number of hydrogen-bond donors (Lipinski definition) is 2. The summed E-state index contributed by atoms with van der Waals surface area (Å²) in [7, 11) is 0. The van der Waals surface area contributed by atoms with Gasteiger partial charge in [-0.2, -0.15) is 0 Å². The van der Waals surface area contributed by atoms with Crippen molar-refractivity contribution in [3.8, 4) is 0 Å². The van der Waals surface area contributed by atoms with Crippen LogP contribution < -0.4 is 0 Å². The van der Waals surface area contributed by atoms with Crippen molar-refractivity contribution in [2.24, 2.45) is 10.8 Å². The van der Waals surface area contributed by atoms with Crippen LogP contribution in [0, 0.1) is 10.8 Å². The Balaban J connectivity index is 3.63. The largest absolute Gasteiger partial charge is 0.481 e. The average Bonchev–Trinajstić information content (AvgIpc) is 2.27. The van der Waals surface area contributed by atoms with Gasteiger partial charge in [-0.1, -0.05) is 0 Å². The second-order valence-corrected chi connectivity index (χ2v) is 6.20. The standard InChI is InChI=1S/C14H26O5/c1-13(2,11(15)16)7-5-9-19-10-6-8-14(3,4)12(17)18/h5-10H2,1-4H3,(H,15,16)(H,17,18). The molecule has 0 aromatic carbocycles. The van der Waals surface area contributed by atoms with Gasteiger partial charge in [0.25, 0.3) is 0 Å². The first-order valence-electron chi connectivity index (χ1n) is 6.64. The van der Waals surface area contributed by atoms with Gasteiger partial charge < -0.3 is 14.9 Å². The topological polar surface area (TPSA) is 83.8 Å². The molecule has 0 fully saturated rings. The first-order valence-corrected chi connectivity index (χ1v) is 6.64. The van der Waals surface area contributed by atoms with E-state index in [0.717, 1.165) is 0 Å². The number of carboxylic acid groups (broad SMARTS) is 2. The van der Waals surface area contributed by atoms with E-state index < -0.39 is 22.8 Å². The summed E-state index contributed by atoms with van der Waals surface area (Å²) in [4.78, 5) is 21.7. The van der Waals surface area contributed by atoms with Gasteiger partial charge in [0, 0.05) is 13.2 Å². The van der Waals surface area contributed by atoms with Crippen molar-refractivity contribution in [2.45, 2.75) is 53.4 Å². The number of hydrogen-bond acceptors (Lipinski definition) is 3. The zero-order chi connectivity index (χ0) is 15.1. The fourth-order valence-electron chi connectivity index (χ4n) is 1.55. The highest BCUT2D eigenvalue weighted by Crippen LogP contribution is 2.23. The van der Waals surface area contributed by atoms with E-state index in [9.17, 15) is 9.59 Å². The number of carbonyl (C=O) groups is 2. The lowest BCUT2D eigenvalue weighted by Gasteiger charge is -2.19. The number of rotatable bonds is 10. The smallest absolute Gasteiger partial charge is 0.309 e. The molecule has 0 aliphatic rings. The van der Waals surface area contributed by atoms with Crippen molar-refractivity contribution in [1.29, 1.82) is 0 Å². The van der Waals surface area contributed by atoms with Gasteiger partial charge in [0.15, 0.2) is 0 Å². The van der Waals surface area contributed by atoms with Crippen molar-refractivity contribution in [2.75, 3.05) is 13.2 Å². The molecule has 0 unspecified atom stereocenters. The first kappa shape index (κ1) is 17.9. The lowest BCUT2D eigenvalue weighted by atomic mass is 9.88. The molecule has 0 rings (SSSR count). The Kier molecular flexibility index (Phi) is 7.05. The lowest BCUT2D eigenvalue weighted by Crippen LogP contribution is -2.24. The van der Waals surface area contributed by atoms with Gasteiger partial charge in [-0.3, -0.25) is 9.59 Å². The van der Waals surface area contributed by atoms with Gasteiger partial charge in [-0.15, -0.1) is 0 Å². The van der Waals surface area contributed by atoms with E-state index in [4.69, 9.17) is 14.9 Å². The molecule has 0 radical (unpaired) electrons. The third-order valence-corrected chi connectivity index (χ3v) is 3.34. The van der Waals surface area contributed by atoms with Crippen molar-refractivity contribution >= 4 is 11.9 Å². The Morgan fingerprint density at radius 1 is 0.842 bits per heavy atom. The quantitative estimate of drug-likeness (QED) is 0.598. The summed E-state index contributed by atoms with van der Waals surface area (Å²) < 4.78 is 5.40. The summed E-state index contributed by atoms with van der Waals surface area (Å²) in [6, 6.07) is 0. The monoisotopic (exact) mass is 274 g/mol. The minimum Gasteiger partial charge on any atom is -0.481 e. The highest BCUT2D eigenvalue weighted by atomic mass is 16.5. The molecule has 0 bridgehead atoms. The maximum atomic E-state index is 10.9. The lowest BCUT2D eigenvalue weighted by molar-refractivity contribution is -0.148. The van der Waals surface area contributed by atoms with Gasteiger partial charge in [-0.25, -0.2) is 0 Å². The average molecular weight is 274 g/mol. The first-order chi connectivity index (χ1) is 8.59. The second kappa shape index (κ2) is 7.48. The molecule has 112 valence electrons. The Bertz CT molecular complexity index is 277. The van der Waals surface area contributed by atoms with Crippen LogP contribution in [0.5, 0.6) is 0 Å². The molecule has 0 spiro atoms. The van der Waals surface area contributed by atoms with Crippen molar-refractivity contribution in [3.05, 3.63) is 0 Å². The van der Waals surface area contributed by atoms with E-state index in [1.54, 1.807) is 27.7 Å². The van der Waals surface area contributed by atoms with E-state index >= 15 is 0 Å². The zero-order valence-corrected chi connectivity index (χ0v) is 12.4. The highest BCUT2D eigenvalue weighted by molar-refractivity contribution is 5.73. The van der Waals surface area contributed by atoms with E-state index in [-0.39, 0.29) is 0 Å². The molecule has 0 atom stereocenters. The molecule has 0 aliphatic carbocycles. The van der Waals surface area contributed by atoms with Crippen LogP contribution in [0.25, 0.3) is 0 Å². The fourth-order valence-corrected chi connectivity index (χ4v) is 1.55. The second-order valence-electron chi connectivity index (χ2n) is 6.20. The van der Waals surface area contributed by atoms with Crippen LogP contribution in [0.4, 0.5) is 0 Å². The van der Waals surface area contributed by atoms with Crippen molar-refractivity contribution < 1.29 is 24.5 Å². The predicted molar refractivity (Wildman–Crippen MR) is 72.1 cm³/mol. The summed E-state index contributed by atoms with van der Waals surface area (Å²) >= 11 is 0. The minimum atomic E-state index is -0.796. The van der Waals surface area contributed by atoms with Crippen LogP contribution in [-0.4, -0.2) is 35.4 Å². The maximum Gasteiger partial charge on any atom is 0.309 e. The summed E-state index contributed by atoms with van der Waals surface area (Å²) in [5, 5.41) is 17.9. The number of carboxylic acids is 2. The third kappa shape index (κ3) is 7.15. The Labute approximate surface area is 115 Å². The molecule has 19 heavy (non-hydrogen) atoms. The van der Waals surface area contributed by atoms with Gasteiger partial charge >= 0.3 is 11.9 Å². The fraction of sp³-hybridized carbons (Fsp3) is 0.857. The Morgan fingerprint density at radius 2 is 1.16 bits per heavy atom. The Morgan fingerprint density at radius 3 is 1.42 bits per heavy atom. The highest BCUT2D eigenvalue weighted by Gasteiger charge is 2.27. The SMILES string of the molecule is CC(C)(CCCOCCCC(C)(C)C(=O)O)C(=O)O. The van der Waals surface area contributed by atoms with Crippen LogP contribution >= 0.6 is 0 Å². The molecule has 5 heteroatoms. The van der Waals surface area contributed by atoms with Crippen LogP contribution in [0.3, 0.4) is 0 Å². The molecular formula is C14H26O5. The summed E-state index contributed by atoms with van der Waals surface area (Å²) in [5.74, 6) is -1.59. The van der Waals surface area contributed by atoms with Gasteiger partial charge in [-0.05, 0) is 53.4 Å². The molecule has 0 heterocycles. The molecule has 0 saturated heterocycles. The molecule has 0 aliphatic heterocycles. The number of aliphatic carboxylic acids is 2. The van der Waals surface area contributed by atoms with Crippen LogP contribution in [-0.2, 0) is 14.3 Å². The van der Waals surface area contributed by atoms with Crippen LogP contribution in [0.1, 0.15) is 53.4 Å². The summed E-state index contributed by atoms with van der Waals surface area (Å²) in [6.45, 7) is 7.83. The normalized spacial score (nSPS) is 12.4. The van der Waals surface area contributed by atoms with Crippen molar-refractivity contribution in [1.82, 2.24) is 0 Å². The number of ether oxygens (including phenoxy) is 1. The molecule has 2 N–H and O–H groups in total. The van der Waals surface area contributed by atoms with Crippen LogP contribution in [0.15, 0.2) is 0 Å². The maximum absolute atomic E-state index is 10.9. The molecule has 0 saturated carbocycles. The van der Waals surface area contributed by atoms with Gasteiger partial charge in [0.2, 0.25) is 0 Å². The Hall–Kier alpha value is -1.10. The van der Waals surface area contributed by atoms with Gasteiger partial charge in [0.05, 0.1) is 10.8 Å². The van der Waals surface area contributed by atoms with E-state index in [1.807, 2.05) is 0 Å².